The molecule has 0 N–H and O–H groups in total. The lowest BCUT2D eigenvalue weighted by atomic mass is 9.96. The molecule has 0 bridgehead atoms. The first-order chi connectivity index (χ1) is 14.8. The van der Waals surface area contributed by atoms with Crippen LogP contribution in [0.3, 0.4) is 0 Å². The van der Waals surface area contributed by atoms with Crippen LogP contribution in [-0.4, -0.2) is 20.5 Å². The van der Waals surface area contributed by atoms with E-state index in [2.05, 4.69) is 15.2 Å². The lowest BCUT2D eigenvalue weighted by Crippen LogP contribution is -2.14. The molecule has 30 heavy (non-hydrogen) atoms. The van der Waals surface area contributed by atoms with Crippen LogP contribution in [0.25, 0.3) is 17.2 Å². The van der Waals surface area contributed by atoms with Crippen molar-refractivity contribution < 1.29 is 4.84 Å². The Bertz CT molecular complexity index is 1140. The molecule has 0 saturated carbocycles. The molecule has 0 aliphatic rings. The largest absolute Gasteiger partial charge is 0.364 e. The van der Waals surface area contributed by atoms with Crippen LogP contribution in [0.5, 0.6) is 0 Å². The molecule has 0 unspecified atom stereocenters. The Hall–Kier alpha value is -3.70. The van der Waals surface area contributed by atoms with E-state index in [0.717, 1.165) is 22.3 Å². The predicted molar refractivity (Wildman–Crippen MR) is 120 cm³/mol. The number of oxime groups is 1. The lowest BCUT2D eigenvalue weighted by molar-refractivity contribution is 0.269. The summed E-state index contributed by atoms with van der Waals surface area (Å²) in [5.74, 6) is 0. The third-order valence-corrected chi connectivity index (χ3v) is 4.76. The highest BCUT2D eigenvalue weighted by molar-refractivity contribution is 6.35. The van der Waals surface area contributed by atoms with Crippen molar-refractivity contribution in [2.75, 3.05) is 0 Å². The van der Waals surface area contributed by atoms with E-state index in [9.17, 15) is 0 Å². The molecule has 0 radical (unpaired) electrons. The van der Waals surface area contributed by atoms with E-state index in [0.29, 0.717) is 17.3 Å². The molecule has 148 valence electrons. The molecule has 3 aromatic carbocycles. The molecule has 0 spiro atoms. The molecule has 6 heteroatoms. The minimum absolute atomic E-state index is 0.364. The van der Waals surface area contributed by atoms with Crippen LogP contribution in [-0.2, 0) is 11.4 Å². The van der Waals surface area contributed by atoms with E-state index in [4.69, 9.17) is 16.4 Å². The molecule has 5 nitrogen and oxygen atoms in total. The van der Waals surface area contributed by atoms with E-state index >= 15 is 0 Å². The van der Waals surface area contributed by atoms with E-state index in [-0.39, 0.29) is 0 Å². The zero-order valence-corrected chi connectivity index (χ0v) is 16.9. The van der Waals surface area contributed by atoms with E-state index < -0.39 is 0 Å². The van der Waals surface area contributed by atoms with Gasteiger partial charge in [0.15, 0.2) is 0 Å². The van der Waals surface area contributed by atoms with Crippen molar-refractivity contribution in [3.8, 4) is 11.1 Å². The van der Waals surface area contributed by atoms with Crippen LogP contribution in [0.4, 0.5) is 0 Å². The summed E-state index contributed by atoms with van der Waals surface area (Å²) in [5.41, 5.74) is 4.48. The minimum Gasteiger partial charge on any atom is -0.364 e. The minimum atomic E-state index is 0.364. The number of hydrogen-bond acceptors (Lipinski definition) is 4. The van der Waals surface area contributed by atoms with Crippen LogP contribution >= 0.6 is 11.6 Å². The molecule has 4 rings (SSSR count). The van der Waals surface area contributed by atoms with Gasteiger partial charge in [-0.1, -0.05) is 89.6 Å². The summed E-state index contributed by atoms with van der Waals surface area (Å²) in [6.45, 7) is 0.364. The van der Waals surface area contributed by atoms with Gasteiger partial charge in [0.05, 0.1) is 11.6 Å². The molecule has 0 fully saturated rings. The zero-order valence-electron chi connectivity index (χ0n) is 16.1. The molecule has 4 aromatic rings. The maximum absolute atomic E-state index is 6.62. The summed E-state index contributed by atoms with van der Waals surface area (Å²) in [5, 5.41) is 9.17. The number of rotatable bonds is 7. The van der Waals surface area contributed by atoms with Gasteiger partial charge in [0.2, 0.25) is 0 Å². The van der Waals surface area contributed by atoms with Crippen molar-refractivity contribution in [2.24, 2.45) is 5.16 Å². The molecule has 0 amide bonds. The van der Waals surface area contributed by atoms with Crippen LogP contribution in [0.1, 0.15) is 11.1 Å². The quantitative estimate of drug-likeness (QED) is 0.222. The molecular formula is C24H19ClN4O. The van der Waals surface area contributed by atoms with Gasteiger partial charge < -0.3 is 4.84 Å². The van der Waals surface area contributed by atoms with Crippen LogP contribution < -0.4 is 0 Å². The molecule has 1 heterocycles. The van der Waals surface area contributed by atoms with Gasteiger partial charge >= 0.3 is 0 Å². The Kier molecular flexibility index (Phi) is 6.32. The molecule has 0 atom stereocenters. The topological polar surface area (TPSA) is 52.3 Å². The highest BCUT2D eigenvalue weighted by Gasteiger charge is 2.17. The van der Waals surface area contributed by atoms with Gasteiger partial charge in [0.1, 0.15) is 24.6 Å². The summed E-state index contributed by atoms with van der Waals surface area (Å²) >= 11 is 6.62. The molecule has 0 saturated heterocycles. The predicted octanol–water partition coefficient (Wildman–Crippen LogP) is 5.69. The summed E-state index contributed by atoms with van der Waals surface area (Å²) in [7, 11) is 0. The third-order valence-electron chi connectivity index (χ3n) is 4.45. The summed E-state index contributed by atoms with van der Waals surface area (Å²) in [6, 6.07) is 25.7. The highest BCUT2D eigenvalue weighted by atomic mass is 35.5. The number of hydrogen-bond donors (Lipinski definition) is 0. The maximum Gasteiger partial charge on any atom is 0.137 e. The summed E-state index contributed by atoms with van der Waals surface area (Å²) in [6.07, 6.45) is 6.52. The molecule has 1 aromatic heterocycles. The molecular weight excluding hydrogens is 396 g/mol. The van der Waals surface area contributed by atoms with Crippen molar-refractivity contribution in [1.82, 2.24) is 14.8 Å². The first-order valence-electron chi connectivity index (χ1n) is 9.42. The first-order valence-corrected chi connectivity index (χ1v) is 9.80. The van der Waals surface area contributed by atoms with Crippen LogP contribution in [0, 0.1) is 0 Å². The average molecular weight is 415 g/mol. The van der Waals surface area contributed by atoms with Crippen LogP contribution in [0.2, 0.25) is 5.02 Å². The average Bonchev–Trinajstić information content (AvgIpc) is 3.30. The second kappa shape index (κ2) is 9.67. The van der Waals surface area contributed by atoms with Crippen LogP contribution in [0.15, 0.2) is 103 Å². The monoisotopic (exact) mass is 414 g/mol. The number of aromatic nitrogens is 3. The van der Waals surface area contributed by atoms with Gasteiger partial charge in [0.25, 0.3) is 0 Å². The SMILES string of the molecule is Clc1cccc(-c2ccccc2)c1/C(Cn1cncn1)=N/O/C=C/c1ccccc1. The first kappa shape index (κ1) is 19.6. The summed E-state index contributed by atoms with van der Waals surface area (Å²) < 4.78 is 1.68. The normalized spacial score (nSPS) is 11.7. The molecule has 0 aliphatic heterocycles. The van der Waals surface area contributed by atoms with Crippen molar-refractivity contribution >= 4 is 23.4 Å². The Morgan fingerprint density at radius 2 is 1.73 bits per heavy atom. The fourth-order valence-electron chi connectivity index (χ4n) is 3.06. The fraction of sp³-hybridized carbons (Fsp3) is 0.0417. The van der Waals surface area contributed by atoms with Gasteiger partial charge in [-0.3, -0.25) is 0 Å². The Morgan fingerprint density at radius 3 is 2.47 bits per heavy atom. The smallest absolute Gasteiger partial charge is 0.137 e. The second-order valence-corrected chi connectivity index (χ2v) is 6.89. The Balaban J connectivity index is 1.70. The number of benzene rings is 3. The maximum atomic E-state index is 6.62. The Morgan fingerprint density at radius 1 is 0.967 bits per heavy atom. The summed E-state index contributed by atoms with van der Waals surface area (Å²) in [4.78, 5) is 9.55. The van der Waals surface area contributed by atoms with E-state index in [1.54, 1.807) is 17.3 Å². The standard InChI is InChI=1S/C24H19ClN4O/c25-22-13-7-12-21(20-10-5-2-6-11-20)24(22)23(16-29-18-26-17-27-29)28-30-15-14-19-8-3-1-4-9-19/h1-15,17-18H,16H2/b15-14+,28-23+. The number of nitrogens with zero attached hydrogens (tertiary/aromatic N) is 4. The molecule has 0 aliphatic carbocycles. The highest BCUT2D eigenvalue weighted by Crippen LogP contribution is 2.30. The van der Waals surface area contributed by atoms with Gasteiger partial charge in [-0.15, -0.1) is 0 Å². The van der Waals surface area contributed by atoms with Gasteiger partial charge in [0, 0.05) is 5.56 Å². The van der Waals surface area contributed by atoms with Crippen molar-refractivity contribution in [2.45, 2.75) is 6.54 Å². The van der Waals surface area contributed by atoms with Crippen molar-refractivity contribution in [3.63, 3.8) is 0 Å². The fourth-order valence-corrected chi connectivity index (χ4v) is 3.35. The second-order valence-electron chi connectivity index (χ2n) is 6.48. The van der Waals surface area contributed by atoms with E-state index in [1.165, 1.54) is 6.33 Å². The number of halogens is 1. The van der Waals surface area contributed by atoms with Crippen molar-refractivity contribution in [1.29, 1.82) is 0 Å². The van der Waals surface area contributed by atoms with Gasteiger partial charge in [-0.25, -0.2) is 9.67 Å². The van der Waals surface area contributed by atoms with Crippen molar-refractivity contribution in [3.05, 3.63) is 114 Å². The van der Waals surface area contributed by atoms with Gasteiger partial charge in [-0.05, 0) is 28.8 Å². The van der Waals surface area contributed by atoms with Gasteiger partial charge in [-0.2, -0.15) is 5.10 Å². The lowest BCUT2D eigenvalue weighted by Gasteiger charge is -2.14. The van der Waals surface area contributed by atoms with E-state index in [1.807, 2.05) is 84.9 Å². The third kappa shape index (κ3) is 4.82. The zero-order chi connectivity index (χ0) is 20.6. The Labute approximate surface area is 179 Å².